The van der Waals surface area contributed by atoms with E-state index in [1.54, 1.807) is 30.3 Å². The minimum absolute atomic E-state index is 0.00668. The molecule has 0 amide bonds. The van der Waals surface area contributed by atoms with Crippen LogP contribution in [0.25, 0.3) is 0 Å². The fourth-order valence-corrected chi connectivity index (χ4v) is 3.72. The zero-order valence-electron chi connectivity index (χ0n) is 15.9. The lowest BCUT2D eigenvalue weighted by Crippen LogP contribution is -2.15. The van der Waals surface area contributed by atoms with Gasteiger partial charge in [0, 0.05) is 0 Å². The van der Waals surface area contributed by atoms with Crippen LogP contribution in [-0.2, 0) is 10.1 Å². The van der Waals surface area contributed by atoms with Crippen molar-refractivity contribution in [3.05, 3.63) is 67.3 Å². The lowest BCUT2D eigenvalue weighted by molar-refractivity contribution is 0.482. The molecule has 0 aliphatic rings. The lowest BCUT2D eigenvalue weighted by atomic mass is 9.99. The smallest absolute Gasteiger partial charge is 0.309 e. The minimum atomic E-state index is -3.61. The molecule has 3 nitrogen and oxygen atoms in total. The Kier molecular flexibility index (Phi) is 10.7. The standard InChI is InChI=1S/C22H32O3S/c1-4-7-8-9-11-14-20(5-2)19-21(6-3)17-18-26(23,24)25-22-15-12-10-13-16-22/h5-6,10,12-13,15-16,19,21H,2-4,7-9,11,14,17-18H2,1H3. The van der Waals surface area contributed by atoms with Crippen LogP contribution in [0.3, 0.4) is 0 Å². The summed E-state index contributed by atoms with van der Waals surface area (Å²) >= 11 is 0. The highest BCUT2D eigenvalue weighted by Crippen LogP contribution is 2.19. The van der Waals surface area contributed by atoms with Crippen LogP contribution < -0.4 is 4.18 Å². The van der Waals surface area contributed by atoms with E-state index in [0.29, 0.717) is 12.2 Å². The van der Waals surface area contributed by atoms with E-state index in [1.165, 1.54) is 25.7 Å². The van der Waals surface area contributed by atoms with Gasteiger partial charge in [-0.05, 0) is 37.3 Å². The van der Waals surface area contributed by atoms with Crippen molar-refractivity contribution in [2.24, 2.45) is 5.92 Å². The zero-order valence-corrected chi connectivity index (χ0v) is 16.7. The third kappa shape index (κ3) is 9.62. The molecule has 1 atom stereocenters. The first-order chi connectivity index (χ1) is 12.5. The Morgan fingerprint density at radius 2 is 1.81 bits per heavy atom. The molecule has 0 N–H and O–H groups in total. The molecular formula is C22H32O3S. The molecule has 0 radical (unpaired) electrons. The Balaban J connectivity index is 2.53. The molecule has 0 bridgehead atoms. The van der Waals surface area contributed by atoms with Crippen LogP contribution in [0.1, 0.15) is 51.9 Å². The number of unbranched alkanes of at least 4 members (excludes halogenated alkanes) is 4. The number of para-hydroxylation sites is 1. The molecule has 0 saturated heterocycles. The fourth-order valence-electron chi connectivity index (χ4n) is 2.68. The first kappa shape index (κ1) is 22.2. The third-order valence-corrected chi connectivity index (χ3v) is 5.41. The molecule has 26 heavy (non-hydrogen) atoms. The number of allylic oxidation sites excluding steroid dienone is 4. The highest BCUT2D eigenvalue weighted by Gasteiger charge is 2.15. The van der Waals surface area contributed by atoms with Gasteiger partial charge in [0.15, 0.2) is 0 Å². The topological polar surface area (TPSA) is 43.4 Å². The molecule has 0 aliphatic heterocycles. The van der Waals surface area contributed by atoms with Crippen molar-refractivity contribution >= 4 is 10.1 Å². The summed E-state index contributed by atoms with van der Waals surface area (Å²) in [6.07, 6.45) is 13.3. The summed E-state index contributed by atoms with van der Waals surface area (Å²) in [5.74, 6) is 0.292. The van der Waals surface area contributed by atoms with Gasteiger partial charge in [-0.3, -0.25) is 0 Å². The van der Waals surface area contributed by atoms with Crippen LogP contribution in [0.2, 0.25) is 0 Å². The van der Waals surface area contributed by atoms with E-state index in [9.17, 15) is 8.42 Å². The van der Waals surface area contributed by atoms with E-state index in [-0.39, 0.29) is 11.7 Å². The Bertz CT molecular complexity index is 660. The predicted molar refractivity (Wildman–Crippen MR) is 111 cm³/mol. The molecule has 4 heteroatoms. The summed E-state index contributed by atoms with van der Waals surface area (Å²) in [6.45, 7) is 9.93. The monoisotopic (exact) mass is 376 g/mol. The zero-order chi connectivity index (χ0) is 19.3. The van der Waals surface area contributed by atoms with Crippen molar-refractivity contribution in [3.8, 4) is 5.75 Å². The van der Waals surface area contributed by atoms with Gasteiger partial charge in [-0.1, -0.05) is 81.2 Å². The van der Waals surface area contributed by atoms with Gasteiger partial charge in [-0.25, -0.2) is 0 Å². The van der Waals surface area contributed by atoms with E-state index in [2.05, 4.69) is 26.2 Å². The number of hydrogen-bond acceptors (Lipinski definition) is 3. The maximum absolute atomic E-state index is 12.2. The molecule has 0 aromatic heterocycles. The Morgan fingerprint density at radius 3 is 2.42 bits per heavy atom. The van der Waals surface area contributed by atoms with Crippen LogP contribution >= 0.6 is 0 Å². The predicted octanol–water partition coefficient (Wildman–Crippen LogP) is 6.06. The van der Waals surface area contributed by atoms with E-state index >= 15 is 0 Å². The Hall–Kier alpha value is -1.81. The lowest BCUT2D eigenvalue weighted by Gasteiger charge is -2.11. The van der Waals surface area contributed by atoms with E-state index in [0.717, 1.165) is 18.4 Å². The van der Waals surface area contributed by atoms with Crippen LogP contribution in [0.5, 0.6) is 5.75 Å². The van der Waals surface area contributed by atoms with Crippen molar-refractivity contribution < 1.29 is 12.6 Å². The van der Waals surface area contributed by atoms with Crippen molar-refractivity contribution in [2.45, 2.75) is 51.9 Å². The van der Waals surface area contributed by atoms with Crippen molar-refractivity contribution in [2.75, 3.05) is 5.75 Å². The largest absolute Gasteiger partial charge is 0.382 e. The summed E-state index contributed by atoms with van der Waals surface area (Å²) in [4.78, 5) is 0. The van der Waals surface area contributed by atoms with Gasteiger partial charge in [0.1, 0.15) is 5.75 Å². The second-order valence-corrected chi connectivity index (χ2v) is 8.15. The molecule has 144 valence electrons. The molecule has 0 spiro atoms. The van der Waals surface area contributed by atoms with Crippen LogP contribution in [0, 0.1) is 5.92 Å². The van der Waals surface area contributed by atoms with Gasteiger partial charge in [-0.2, -0.15) is 8.42 Å². The van der Waals surface area contributed by atoms with Gasteiger partial charge < -0.3 is 4.18 Å². The first-order valence-electron chi connectivity index (χ1n) is 9.43. The fraction of sp³-hybridized carbons (Fsp3) is 0.455. The molecule has 0 fully saturated rings. The number of benzene rings is 1. The van der Waals surface area contributed by atoms with E-state index in [4.69, 9.17) is 4.18 Å². The molecule has 1 aromatic carbocycles. The molecule has 1 aromatic rings. The normalized spacial score (nSPS) is 13.2. The summed E-state index contributed by atoms with van der Waals surface area (Å²) in [5, 5.41) is 0. The Morgan fingerprint density at radius 1 is 1.12 bits per heavy atom. The van der Waals surface area contributed by atoms with Crippen LogP contribution in [0.4, 0.5) is 0 Å². The quantitative estimate of drug-likeness (QED) is 0.171. The van der Waals surface area contributed by atoms with Gasteiger partial charge in [0.2, 0.25) is 0 Å². The average Bonchev–Trinajstić information content (AvgIpc) is 2.63. The highest BCUT2D eigenvalue weighted by atomic mass is 32.2. The summed E-state index contributed by atoms with van der Waals surface area (Å²) in [6, 6.07) is 8.58. The SMILES string of the molecule is C=CC(=CC(C=C)CCS(=O)(=O)Oc1ccccc1)CCCCCCC. The van der Waals surface area contributed by atoms with E-state index < -0.39 is 10.1 Å². The summed E-state index contributed by atoms with van der Waals surface area (Å²) in [7, 11) is -3.61. The maximum atomic E-state index is 12.2. The highest BCUT2D eigenvalue weighted by molar-refractivity contribution is 7.87. The molecular weight excluding hydrogens is 344 g/mol. The summed E-state index contributed by atoms with van der Waals surface area (Å²) in [5.41, 5.74) is 1.16. The molecule has 1 rings (SSSR count). The van der Waals surface area contributed by atoms with Gasteiger partial charge in [0.05, 0.1) is 5.75 Å². The van der Waals surface area contributed by atoms with Crippen molar-refractivity contribution in [1.82, 2.24) is 0 Å². The molecule has 0 heterocycles. The maximum Gasteiger partial charge on any atom is 0.309 e. The van der Waals surface area contributed by atoms with Gasteiger partial charge in [-0.15, -0.1) is 6.58 Å². The van der Waals surface area contributed by atoms with Crippen molar-refractivity contribution in [1.29, 1.82) is 0 Å². The van der Waals surface area contributed by atoms with Crippen LogP contribution in [-0.4, -0.2) is 14.2 Å². The van der Waals surface area contributed by atoms with Crippen LogP contribution in [0.15, 0.2) is 67.3 Å². The molecule has 0 aliphatic carbocycles. The van der Waals surface area contributed by atoms with E-state index in [1.807, 2.05) is 12.1 Å². The van der Waals surface area contributed by atoms with Gasteiger partial charge >= 0.3 is 10.1 Å². The summed E-state index contributed by atoms with van der Waals surface area (Å²) < 4.78 is 29.4. The second kappa shape index (κ2) is 12.5. The molecule has 0 saturated carbocycles. The molecule has 1 unspecified atom stereocenters. The average molecular weight is 377 g/mol. The minimum Gasteiger partial charge on any atom is -0.382 e. The first-order valence-corrected chi connectivity index (χ1v) is 11.0. The number of rotatable bonds is 14. The van der Waals surface area contributed by atoms with Gasteiger partial charge in [0.25, 0.3) is 0 Å². The third-order valence-electron chi connectivity index (χ3n) is 4.23. The second-order valence-electron chi connectivity index (χ2n) is 6.46. The Labute approximate surface area is 159 Å². The van der Waals surface area contributed by atoms with Crippen molar-refractivity contribution in [3.63, 3.8) is 0 Å². The number of hydrogen-bond donors (Lipinski definition) is 0.